The first-order valence-corrected chi connectivity index (χ1v) is 15.8. The topological polar surface area (TPSA) is 72.8 Å². The molecule has 0 amide bonds. The quantitative estimate of drug-likeness (QED) is 0.202. The number of anilines is 1. The molecule has 2 aromatic carbocycles. The summed E-state index contributed by atoms with van der Waals surface area (Å²) in [5.41, 5.74) is 1.72. The molecule has 44 heavy (non-hydrogen) atoms. The van der Waals surface area contributed by atoms with Gasteiger partial charge in [0.05, 0.1) is 10.9 Å². The standard InChI is InChI=1S/C34H39F2N5O3/c1-3-22-9-7-10-23-15-25(44-21-42-2)16-26(28(22)23)30-29(36)31-27(18-37-30)32(40-12-5-4-6-13-40)39-33(38-31)43-20-34-11-8-14-41(34)19-24(35)17-34/h7,9-10,15-16,18,24H,3-6,8,11-14,17,19-21H2,1-2H3/t24-,34+/m1/s1. The lowest BCUT2D eigenvalue weighted by atomic mass is 9.95. The summed E-state index contributed by atoms with van der Waals surface area (Å²) in [5.74, 6) is 0.664. The number of aromatic nitrogens is 3. The summed E-state index contributed by atoms with van der Waals surface area (Å²) in [6.45, 7) is 5.37. The van der Waals surface area contributed by atoms with Crippen LogP contribution in [0.2, 0.25) is 0 Å². The Morgan fingerprint density at radius 2 is 1.91 bits per heavy atom. The molecule has 0 aliphatic carbocycles. The first kappa shape index (κ1) is 29.1. The number of aryl methyl sites for hydroxylation is 1. The number of alkyl halides is 1. The average Bonchev–Trinajstić information content (AvgIpc) is 3.58. The fraction of sp³-hybridized carbons (Fsp3) is 0.500. The number of rotatable bonds is 9. The third-order valence-corrected chi connectivity index (χ3v) is 9.55. The number of hydrogen-bond acceptors (Lipinski definition) is 8. The van der Waals surface area contributed by atoms with Gasteiger partial charge in [0.15, 0.2) is 12.6 Å². The number of ether oxygens (including phenoxy) is 3. The number of benzene rings is 2. The second kappa shape index (κ2) is 12.0. The van der Waals surface area contributed by atoms with Gasteiger partial charge in [-0.1, -0.05) is 25.1 Å². The summed E-state index contributed by atoms with van der Waals surface area (Å²) >= 11 is 0. The van der Waals surface area contributed by atoms with Gasteiger partial charge in [0.1, 0.15) is 35.6 Å². The largest absolute Gasteiger partial charge is 0.468 e. The SMILES string of the molecule is CCc1cccc2cc(OCOC)cc(-c3ncc4c(N5CCCCC5)nc(OC[C@@]56CCCN5C[C@H](F)C6)nc4c3F)c12. The Hall–Kier alpha value is -3.63. The molecule has 5 heterocycles. The van der Waals surface area contributed by atoms with Crippen molar-refractivity contribution in [2.45, 2.75) is 63.6 Å². The van der Waals surface area contributed by atoms with Crippen LogP contribution < -0.4 is 14.4 Å². The first-order valence-electron chi connectivity index (χ1n) is 15.8. The van der Waals surface area contributed by atoms with Crippen LogP contribution >= 0.6 is 0 Å². The fourth-order valence-electron chi connectivity index (χ4n) is 7.44. The van der Waals surface area contributed by atoms with E-state index in [4.69, 9.17) is 24.2 Å². The van der Waals surface area contributed by atoms with E-state index in [1.807, 2.05) is 24.3 Å². The predicted molar refractivity (Wildman–Crippen MR) is 167 cm³/mol. The molecule has 4 aromatic rings. The lowest BCUT2D eigenvalue weighted by Crippen LogP contribution is -2.43. The summed E-state index contributed by atoms with van der Waals surface area (Å²) < 4.78 is 48.5. The minimum atomic E-state index is -0.863. The van der Waals surface area contributed by atoms with Crippen LogP contribution in [0, 0.1) is 5.82 Å². The first-order chi connectivity index (χ1) is 21.5. The summed E-state index contributed by atoms with van der Waals surface area (Å²) in [5, 5.41) is 2.41. The van der Waals surface area contributed by atoms with Gasteiger partial charge in [-0.15, -0.1) is 0 Å². The number of piperidine rings is 1. The summed E-state index contributed by atoms with van der Waals surface area (Å²) in [4.78, 5) is 18.6. The molecule has 8 nitrogen and oxygen atoms in total. The molecule has 0 saturated carbocycles. The second-order valence-corrected chi connectivity index (χ2v) is 12.3. The second-order valence-electron chi connectivity index (χ2n) is 12.3. The normalized spacial score (nSPS) is 22.2. The zero-order chi connectivity index (χ0) is 30.3. The van der Waals surface area contributed by atoms with Gasteiger partial charge in [0.25, 0.3) is 0 Å². The van der Waals surface area contributed by atoms with Crippen molar-refractivity contribution in [1.82, 2.24) is 19.9 Å². The predicted octanol–water partition coefficient (Wildman–Crippen LogP) is 6.47. The van der Waals surface area contributed by atoms with Gasteiger partial charge >= 0.3 is 6.01 Å². The van der Waals surface area contributed by atoms with Crippen molar-refractivity contribution in [1.29, 1.82) is 0 Å². The van der Waals surface area contributed by atoms with Crippen molar-refractivity contribution in [2.75, 3.05) is 51.6 Å². The Kier molecular flexibility index (Phi) is 7.97. The zero-order valence-electron chi connectivity index (χ0n) is 25.5. The van der Waals surface area contributed by atoms with E-state index in [9.17, 15) is 4.39 Å². The van der Waals surface area contributed by atoms with Crippen molar-refractivity contribution < 1.29 is 23.0 Å². The molecule has 0 radical (unpaired) electrons. The van der Waals surface area contributed by atoms with Crippen molar-refractivity contribution in [3.05, 3.63) is 47.9 Å². The van der Waals surface area contributed by atoms with Crippen molar-refractivity contribution in [3.63, 3.8) is 0 Å². The molecule has 232 valence electrons. The zero-order valence-corrected chi connectivity index (χ0v) is 25.5. The number of nitrogens with zero attached hydrogens (tertiary/aromatic N) is 5. The highest BCUT2D eigenvalue weighted by molar-refractivity contribution is 6.01. The van der Waals surface area contributed by atoms with Crippen LogP contribution in [0.3, 0.4) is 0 Å². The number of fused-ring (bicyclic) bond motifs is 3. The third kappa shape index (κ3) is 5.21. The smallest absolute Gasteiger partial charge is 0.319 e. The molecule has 3 aliphatic rings. The minimum Gasteiger partial charge on any atom is -0.468 e. The van der Waals surface area contributed by atoms with Gasteiger partial charge in [-0.25, -0.2) is 8.78 Å². The Labute approximate surface area is 256 Å². The maximum Gasteiger partial charge on any atom is 0.319 e. The molecule has 2 aromatic heterocycles. The van der Waals surface area contributed by atoms with E-state index in [-0.39, 0.29) is 36.2 Å². The third-order valence-electron chi connectivity index (χ3n) is 9.55. The van der Waals surface area contributed by atoms with Crippen LogP contribution in [-0.4, -0.2) is 78.3 Å². The van der Waals surface area contributed by atoms with Gasteiger partial charge in [0.2, 0.25) is 0 Å². The molecule has 0 spiro atoms. The average molecular weight is 604 g/mol. The molecule has 7 rings (SSSR count). The number of pyridine rings is 1. The van der Waals surface area contributed by atoms with E-state index in [1.54, 1.807) is 13.3 Å². The Balaban J connectivity index is 1.36. The van der Waals surface area contributed by atoms with E-state index in [0.29, 0.717) is 35.5 Å². The van der Waals surface area contributed by atoms with Crippen LogP contribution in [0.1, 0.15) is 51.0 Å². The molecule has 10 heteroatoms. The Morgan fingerprint density at radius 3 is 2.73 bits per heavy atom. The molecule has 3 saturated heterocycles. The molecule has 0 N–H and O–H groups in total. The number of halogens is 2. The Bertz CT molecular complexity index is 1680. The van der Waals surface area contributed by atoms with Crippen molar-refractivity contribution in [2.24, 2.45) is 0 Å². The molecule has 3 fully saturated rings. The number of hydrogen-bond donors (Lipinski definition) is 0. The highest BCUT2D eigenvalue weighted by atomic mass is 19.1. The lowest BCUT2D eigenvalue weighted by Gasteiger charge is -2.31. The Morgan fingerprint density at radius 1 is 1.05 bits per heavy atom. The maximum absolute atomic E-state index is 16.9. The van der Waals surface area contributed by atoms with E-state index in [0.717, 1.165) is 74.5 Å². The lowest BCUT2D eigenvalue weighted by molar-refractivity contribution is 0.0512. The highest BCUT2D eigenvalue weighted by Crippen LogP contribution is 2.42. The van der Waals surface area contributed by atoms with Gasteiger partial charge in [-0.2, -0.15) is 9.97 Å². The van der Waals surface area contributed by atoms with Crippen molar-refractivity contribution in [3.8, 4) is 23.0 Å². The molecular formula is C34H39F2N5O3. The van der Waals surface area contributed by atoms with Crippen LogP contribution in [0.5, 0.6) is 11.8 Å². The summed E-state index contributed by atoms with van der Waals surface area (Å²) in [6.07, 6.45) is 7.14. The van der Waals surface area contributed by atoms with E-state index in [2.05, 4.69) is 27.8 Å². The van der Waals surface area contributed by atoms with Gasteiger partial charge in [-0.05, 0) is 73.5 Å². The molecular weight excluding hydrogens is 564 g/mol. The molecule has 0 unspecified atom stereocenters. The van der Waals surface area contributed by atoms with Crippen LogP contribution in [0.15, 0.2) is 36.5 Å². The molecule has 0 bridgehead atoms. The van der Waals surface area contributed by atoms with E-state index >= 15 is 4.39 Å². The number of methoxy groups -OCH3 is 1. The van der Waals surface area contributed by atoms with Gasteiger partial charge in [0, 0.05) is 44.9 Å². The fourth-order valence-corrected chi connectivity index (χ4v) is 7.44. The van der Waals surface area contributed by atoms with E-state index in [1.165, 1.54) is 0 Å². The molecule has 3 aliphatic heterocycles. The monoisotopic (exact) mass is 603 g/mol. The molecule has 2 atom stereocenters. The minimum absolute atomic E-state index is 0.0707. The van der Waals surface area contributed by atoms with E-state index < -0.39 is 12.0 Å². The van der Waals surface area contributed by atoms with Crippen LogP contribution in [0.25, 0.3) is 32.9 Å². The summed E-state index contributed by atoms with van der Waals surface area (Å²) in [6, 6.07) is 9.93. The van der Waals surface area contributed by atoms with Crippen LogP contribution in [0.4, 0.5) is 14.6 Å². The maximum atomic E-state index is 16.9. The van der Waals surface area contributed by atoms with Gasteiger partial charge in [-0.3, -0.25) is 9.88 Å². The van der Waals surface area contributed by atoms with Crippen LogP contribution in [-0.2, 0) is 11.2 Å². The van der Waals surface area contributed by atoms with Gasteiger partial charge < -0.3 is 19.1 Å². The summed E-state index contributed by atoms with van der Waals surface area (Å²) in [7, 11) is 1.56. The highest BCUT2D eigenvalue weighted by Gasteiger charge is 2.49. The van der Waals surface area contributed by atoms with Crippen molar-refractivity contribution >= 4 is 27.5 Å².